The molecule has 0 saturated carbocycles. The molecule has 2 heteroatoms. The highest BCUT2D eigenvalue weighted by Gasteiger charge is 2.38. The van der Waals surface area contributed by atoms with Crippen molar-refractivity contribution in [3.05, 3.63) is 217 Å². The van der Waals surface area contributed by atoms with E-state index in [1.807, 2.05) is 18.2 Å². The molecule has 1 heterocycles. The third-order valence-corrected chi connectivity index (χ3v) is 12.3. The van der Waals surface area contributed by atoms with Crippen molar-refractivity contribution in [2.24, 2.45) is 0 Å². The Morgan fingerprint density at radius 3 is 1.66 bits per heavy atom. The van der Waals surface area contributed by atoms with E-state index in [1.165, 1.54) is 66.2 Å². The summed E-state index contributed by atoms with van der Waals surface area (Å²) in [5, 5.41) is 4.98. The predicted octanol–water partition coefficient (Wildman–Crippen LogP) is 15.1. The molecule has 1 aliphatic carbocycles. The van der Waals surface area contributed by atoms with E-state index in [0.717, 1.165) is 39.0 Å². The van der Waals surface area contributed by atoms with Gasteiger partial charge in [0.2, 0.25) is 0 Å². The van der Waals surface area contributed by atoms with Crippen molar-refractivity contribution < 1.29 is 0 Å². The van der Waals surface area contributed by atoms with Gasteiger partial charge in [0.1, 0.15) is 0 Å². The van der Waals surface area contributed by atoms with Crippen LogP contribution < -0.4 is 0 Å². The fourth-order valence-corrected chi connectivity index (χ4v) is 9.43. The monoisotopic (exact) mass is 752 g/mol. The van der Waals surface area contributed by atoms with Crippen LogP contribution in [0.3, 0.4) is 0 Å². The molecule has 0 spiro atoms. The number of hydrogen-bond donors (Lipinski definition) is 0. The van der Waals surface area contributed by atoms with Gasteiger partial charge >= 0.3 is 0 Å². The Balaban J connectivity index is 1.00. The lowest BCUT2D eigenvalue weighted by molar-refractivity contribution is 0.666. The van der Waals surface area contributed by atoms with Crippen molar-refractivity contribution in [2.75, 3.05) is 0 Å². The van der Waals surface area contributed by atoms with E-state index >= 15 is 0 Å². The maximum absolute atomic E-state index is 5.24. The zero-order valence-electron chi connectivity index (χ0n) is 33.0. The molecule has 1 aliphatic rings. The Bertz CT molecular complexity index is 3220. The van der Waals surface area contributed by atoms with Gasteiger partial charge in [-0.1, -0.05) is 208 Å². The average Bonchev–Trinajstić information content (AvgIpc) is 3.55. The first kappa shape index (κ1) is 34.8. The van der Waals surface area contributed by atoms with E-state index in [0.29, 0.717) is 5.82 Å². The summed E-state index contributed by atoms with van der Waals surface area (Å²) in [7, 11) is 0. The van der Waals surface area contributed by atoms with Crippen molar-refractivity contribution in [1.29, 1.82) is 0 Å². The fraction of sp³-hybridized carbons (Fsp3) is 0.0526. The van der Waals surface area contributed by atoms with Crippen molar-refractivity contribution in [3.8, 4) is 78.4 Å². The van der Waals surface area contributed by atoms with Crippen LogP contribution in [-0.2, 0) is 5.41 Å². The number of hydrogen-bond acceptors (Lipinski definition) is 2. The zero-order chi connectivity index (χ0) is 39.5. The molecule has 0 saturated heterocycles. The van der Waals surface area contributed by atoms with Gasteiger partial charge in [0.05, 0.1) is 11.4 Å². The minimum Gasteiger partial charge on any atom is -0.228 e. The summed E-state index contributed by atoms with van der Waals surface area (Å²) in [6.07, 6.45) is 0. The maximum atomic E-state index is 5.24. The third kappa shape index (κ3) is 5.87. The topological polar surface area (TPSA) is 25.8 Å². The molecule has 0 N–H and O–H groups in total. The SMILES string of the molecule is CC1(C)c2cccc(-c3ccc(-c4ccc(-c5cc(-c6cccc(-c7ccccc7)c6)nc(-c6ccccc6)n5)c5ccccc45)cc3)c2-c2ccc3ccccc3c21. The van der Waals surface area contributed by atoms with Crippen LogP contribution in [-0.4, -0.2) is 9.97 Å². The summed E-state index contributed by atoms with van der Waals surface area (Å²) in [6, 6.07) is 74.2. The summed E-state index contributed by atoms with van der Waals surface area (Å²) < 4.78 is 0. The molecular formula is C57H40N2. The Hall–Kier alpha value is -7.42. The molecule has 9 aromatic carbocycles. The molecule has 0 amide bonds. The second-order valence-corrected chi connectivity index (χ2v) is 16.1. The second kappa shape index (κ2) is 13.9. The van der Waals surface area contributed by atoms with E-state index in [-0.39, 0.29) is 5.41 Å². The van der Waals surface area contributed by atoms with E-state index < -0.39 is 0 Å². The van der Waals surface area contributed by atoms with E-state index in [4.69, 9.17) is 9.97 Å². The highest BCUT2D eigenvalue weighted by atomic mass is 14.9. The van der Waals surface area contributed by atoms with Crippen molar-refractivity contribution in [1.82, 2.24) is 9.97 Å². The Kier molecular flexibility index (Phi) is 8.20. The Morgan fingerprint density at radius 1 is 0.339 bits per heavy atom. The highest BCUT2D eigenvalue weighted by Crippen LogP contribution is 2.54. The summed E-state index contributed by atoms with van der Waals surface area (Å²) >= 11 is 0. The fourth-order valence-electron chi connectivity index (χ4n) is 9.43. The first-order valence-corrected chi connectivity index (χ1v) is 20.4. The quantitative estimate of drug-likeness (QED) is 0.169. The molecule has 0 unspecified atom stereocenters. The molecule has 11 rings (SSSR count). The average molecular weight is 753 g/mol. The highest BCUT2D eigenvalue weighted by molar-refractivity contribution is 6.05. The van der Waals surface area contributed by atoms with Crippen LogP contribution in [0, 0.1) is 0 Å². The molecule has 278 valence electrons. The zero-order valence-corrected chi connectivity index (χ0v) is 33.0. The summed E-state index contributed by atoms with van der Waals surface area (Å²) in [4.78, 5) is 10.4. The maximum Gasteiger partial charge on any atom is 0.160 e. The lowest BCUT2D eigenvalue weighted by Gasteiger charge is -2.23. The summed E-state index contributed by atoms with van der Waals surface area (Å²) in [5.74, 6) is 0.707. The van der Waals surface area contributed by atoms with E-state index in [1.54, 1.807) is 0 Å². The Morgan fingerprint density at radius 2 is 0.898 bits per heavy atom. The number of benzene rings is 9. The van der Waals surface area contributed by atoms with Crippen LogP contribution >= 0.6 is 0 Å². The van der Waals surface area contributed by atoms with Crippen LogP contribution in [0.15, 0.2) is 206 Å². The largest absolute Gasteiger partial charge is 0.228 e. The molecule has 1 aromatic heterocycles. The van der Waals surface area contributed by atoms with E-state index in [2.05, 4.69) is 202 Å². The lowest BCUT2D eigenvalue weighted by Crippen LogP contribution is -2.15. The first-order valence-electron chi connectivity index (χ1n) is 20.4. The summed E-state index contributed by atoms with van der Waals surface area (Å²) in [5.41, 5.74) is 17.5. The molecule has 0 fully saturated rings. The van der Waals surface area contributed by atoms with Gasteiger partial charge in [-0.2, -0.15) is 0 Å². The van der Waals surface area contributed by atoms with Gasteiger partial charge in [-0.3, -0.25) is 0 Å². The smallest absolute Gasteiger partial charge is 0.160 e. The normalized spacial score (nSPS) is 12.7. The van der Waals surface area contributed by atoms with Gasteiger partial charge in [-0.25, -0.2) is 9.97 Å². The molecule has 0 atom stereocenters. The molecule has 10 aromatic rings. The number of rotatable bonds is 6. The Labute approximate surface area is 345 Å². The molecule has 0 bridgehead atoms. The molecule has 2 nitrogen and oxygen atoms in total. The van der Waals surface area contributed by atoms with Gasteiger partial charge in [-0.05, 0) is 89.3 Å². The van der Waals surface area contributed by atoms with Gasteiger partial charge in [0.25, 0.3) is 0 Å². The molecule has 0 aliphatic heterocycles. The van der Waals surface area contributed by atoms with Gasteiger partial charge in [0, 0.05) is 22.1 Å². The van der Waals surface area contributed by atoms with Gasteiger partial charge in [0.15, 0.2) is 5.82 Å². The third-order valence-electron chi connectivity index (χ3n) is 12.3. The second-order valence-electron chi connectivity index (χ2n) is 16.1. The van der Waals surface area contributed by atoms with Crippen LogP contribution in [0.1, 0.15) is 25.0 Å². The van der Waals surface area contributed by atoms with Crippen molar-refractivity contribution in [3.63, 3.8) is 0 Å². The number of aromatic nitrogens is 2. The van der Waals surface area contributed by atoms with Gasteiger partial charge < -0.3 is 0 Å². The predicted molar refractivity (Wildman–Crippen MR) is 247 cm³/mol. The first-order chi connectivity index (χ1) is 29.0. The summed E-state index contributed by atoms with van der Waals surface area (Å²) in [6.45, 7) is 4.75. The van der Waals surface area contributed by atoms with Crippen LogP contribution in [0.5, 0.6) is 0 Å². The molecule has 59 heavy (non-hydrogen) atoms. The molecular weight excluding hydrogens is 713 g/mol. The van der Waals surface area contributed by atoms with E-state index in [9.17, 15) is 0 Å². The van der Waals surface area contributed by atoms with Crippen LogP contribution in [0.2, 0.25) is 0 Å². The standard InChI is InChI=1S/C57H40N2/c1-57(2)51-26-14-25-45(54(51)50-32-31-38-17-9-10-22-46(38)55(50)57)40-29-27-39(28-30-40)44-33-34-49(48-24-12-11-23-47(44)48)53-36-52(58-56(59-53)41-18-7-4-8-19-41)43-21-13-20-42(35-43)37-15-5-3-6-16-37/h3-36H,1-2H3. The van der Waals surface area contributed by atoms with Crippen molar-refractivity contribution >= 4 is 21.5 Å². The number of fused-ring (bicyclic) bond motifs is 6. The minimum absolute atomic E-state index is 0.0966. The lowest BCUT2D eigenvalue weighted by atomic mass is 9.80. The minimum atomic E-state index is -0.0966. The molecule has 0 radical (unpaired) electrons. The van der Waals surface area contributed by atoms with Gasteiger partial charge in [-0.15, -0.1) is 0 Å². The number of nitrogens with zero attached hydrogens (tertiary/aromatic N) is 2. The van der Waals surface area contributed by atoms with Crippen LogP contribution in [0.25, 0.3) is 100.0 Å². The van der Waals surface area contributed by atoms with Crippen molar-refractivity contribution in [2.45, 2.75) is 19.3 Å². The van der Waals surface area contributed by atoms with Crippen LogP contribution in [0.4, 0.5) is 0 Å².